The van der Waals surface area contributed by atoms with Crippen LogP contribution in [0.4, 0.5) is 4.39 Å². The van der Waals surface area contributed by atoms with E-state index in [1.165, 1.54) is 18.4 Å². The Morgan fingerprint density at radius 3 is 2.68 bits per heavy atom. The van der Waals surface area contributed by atoms with Crippen molar-refractivity contribution in [3.05, 3.63) is 35.6 Å². The highest BCUT2D eigenvalue weighted by Crippen LogP contribution is 2.14. The van der Waals surface area contributed by atoms with Crippen LogP contribution in [0.1, 0.15) is 18.4 Å². The minimum Gasteiger partial charge on any atom is -0.298 e. The molecule has 1 unspecified atom stereocenters. The van der Waals surface area contributed by atoms with Crippen molar-refractivity contribution in [1.82, 2.24) is 9.62 Å². The van der Waals surface area contributed by atoms with Crippen LogP contribution < -0.4 is 4.72 Å². The number of rotatable bonds is 4. The first kappa shape index (κ1) is 14.4. The van der Waals surface area contributed by atoms with Gasteiger partial charge in [0, 0.05) is 19.1 Å². The lowest BCUT2D eigenvalue weighted by Gasteiger charge is -2.32. The molecule has 0 aliphatic carbocycles. The maximum atomic E-state index is 12.8. The minimum atomic E-state index is -3.15. The van der Waals surface area contributed by atoms with Gasteiger partial charge in [-0.3, -0.25) is 4.90 Å². The molecule has 1 aromatic carbocycles. The van der Waals surface area contributed by atoms with Gasteiger partial charge in [0.15, 0.2) is 0 Å². The van der Waals surface area contributed by atoms with Crippen molar-refractivity contribution in [2.24, 2.45) is 0 Å². The normalized spacial score (nSPS) is 21.5. The Bertz CT molecular complexity index is 516. The van der Waals surface area contributed by atoms with Crippen LogP contribution in [0.2, 0.25) is 0 Å². The number of nitrogens with one attached hydrogen (secondary N) is 1. The smallest absolute Gasteiger partial charge is 0.208 e. The van der Waals surface area contributed by atoms with Gasteiger partial charge in [-0.2, -0.15) is 0 Å². The Morgan fingerprint density at radius 1 is 1.37 bits per heavy atom. The number of sulfonamides is 1. The number of hydrogen-bond donors (Lipinski definition) is 1. The fraction of sp³-hybridized carbons (Fsp3) is 0.538. The summed E-state index contributed by atoms with van der Waals surface area (Å²) in [6.07, 6.45) is 3.02. The summed E-state index contributed by atoms with van der Waals surface area (Å²) in [6.45, 7) is 2.37. The van der Waals surface area contributed by atoms with E-state index >= 15 is 0 Å². The van der Waals surface area contributed by atoms with E-state index in [9.17, 15) is 12.8 Å². The average molecular weight is 286 g/mol. The molecule has 2 rings (SSSR count). The van der Waals surface area contributed by atoms with Crippen LogP contribution in [0, 0.1) is 5.82 Å². The third-order valence-corrected chi connectivity index (χ3v) is 3.97. The SMILES string of the molecule is CS(=O)(=O)NC1CCCN(Cc2ccc(F)cc2)C1. The quantitative estimate of drug-likeness (QED) is 0.908. The number of halogens is 1. The predicted octanol–water partition coefficient (Wildman–Crippen LogP) is 1.34. The fourth-order valence-corrected chi connectivity index (χ4v) is 3.24. The monoisotopic (exact) mass is 286 g/mol. The molecule has 4 nitrogen and oxygen atoms in total. The molecule has 1 aliphatic heterocycles. The second-order valence-electron chi connectivity index (χ2n) is 5.09. The van der Waals surface area contributed by atoms with Gasteiger partial charge in [-0.25, -0.2) is 17.5 Å². The van der Waals surface area contributed by atoms with Crippen LogP contribution in [0.5, 0.6) is 0 Å². The van der Waals surface area contributed by atoms with Gasteiger partial charge in [-0.05, 0) is 37.1 Å². The van der Waals surface area contributed by atoms with Crippen molar-refractivity contribution in [3.63, 3.8) is 0 Å². The number of likely N-dealkylation sites (tertiary alicyclic amines) is 1. The summed E-state index contributed by atoms with van der Waals surface area (Å²) in [5, 5.41) is 0. The van der Waals surface area contributed by atoms with Crippen LogP contribution in [-0.4, -0.2) is 38.7 Å². The lowest BCUT2D eigenvalue weighted by Crippen LogP contribution is -2.46. The van der Waals surface area contributed by atoms with Gasteiger partial charge in [0.1, 0.15) is 5.82 Å². The van der Waals surface area contributed by atoms with Crippen LogP contribution in [-0.2, 0) is 16.6 Å². The van der Waals surface area contributed by atoms with E-state index in [1.807, 2.05) is 0 Å². The van der Waals surface area contributed by atoms with Gasteiger partial charge >= 0.3 is 0 Å². The zero-order valence-corrected chi connectivity index (χ0v) is 11.8. The van der Waals surface area contributed by atoms with Crippen molar-refractivity contribution in [2.75, 3.05) is 19.3 Å². The van der Waals surface area contributed by atoms with Gasteiger partial charge in [0.25, 0.3) is 0 Å². The summed E-state index contributed by atoms with van der Waals surface area (Å²) < 4.78 is 37.9. The van der Waals surface area contributed by atoms with Crippen molar-refractivity contribution in [3.8, 4) is 0 Å². The van der Waals surface area contributed by atoms with Gasteiger partial charge in [-0.15, -0.1) is 0 Å². The summed E-state index contributed by atoms with van der Waals surface area (Å²) in [7, 11) is -3.15. The van der Waals surface area contributed by atoms with E-state index in [1.54, 1.807) is 12.1 Å². The van der Waals surface area contributed by atoms with Crippen molar-refractivity contribution in [2.45, 2.75) is 25.4 Å². The maximum Gasteiger partial charge on any atom is 0.208 e. The van der Waals surface area contributed by atoms with Gasteiger partial charge in [-0.1, -0.05) is 12.1 Å². The maximum absolute atomic E-state index is 12.8. The topological polar surface area (TPSA) is 49.4 Å². The molecule has 6 heteroatoms. The van der Waals surface area contributed by atoms with Crippen molar-refractivity contribution < 1.29 is 12.8 Å². The molecule has 106 valence electrons. The summed E-state index contributed by atoms with van der Waals surface area (Å²) in [5.74, 6) is -0.237. The largest absolute Gasteiger partial charge is 0.298 e. The van der Waals surface area contributed by atoms with E-state index < -0.39 is 10.0 Å². The predicted molar refractivity (Wildman–Crippen MR) is 72.7 cm³/mol. The zero-order valence-electron chi connectivity index (χ0n) is 11.0. The second-order valence-corrected chi connectivity index (χ2v) is 6.87. The summed E-state index contributed by atoms with van der Waals surface area (Å²) in [4.78, 5) is 2.19. The number of hydrogen-bond acceptors (Lipinski definition) is 3. The average Bonchev–Trinajstić information content (AvgIpc) is 2.30. The lowest BCUT2D eigenvalue weighted by molar-refractivity contribution is 0.194. The van der Waals surface area contributed by atoms with Gasteiger partial charge in [0.05, 0.1) is 6.26 Å². The molecule has 0 radical (unpaired) electrons. The molecule has 1 atom stereocenters. The van der Waals surface area contributed by atoms with Crippen LogP contribution in [0.15, 0.2) is 24.3 Å². The molecule has 1 heterocycles. The molecule has 0 saturated carbocycles. The highest BCUT2D eigenvalue weighted by atomic mass is 32.2. The van der Waals surface area contributed by atoms with Crippen molar-refractivity contribution >= 4 is 10.0 Å². The van der Waals surface area contributed by atoms with Gasteiger partial charge in [0.2, 0.25) is 10.0 Å². The summed E-state index contributed by atoms with van der Waals surface area (Å²) in [5.41, 5.74) is 1.04. The number of benzene rings is 1. The molecule has 1 fully saturated rings. The summed E-state index contributed by atoms with van der Waals surface area (Å²) in [6, 6.07) is 6.41. The molecule has 1 N–H and O–H groups in total. The van der Waals surface area contributed by atoms with Crippen LogP contribution in [0.3, 0.4) is 0 Å². The van der Waals surface area contributed by atoms with Crippen LogP contribution >= 0.6 is 0 Å². The number of piperidine rings is 1. The van der Waals surface area contributed by atoms with E-state index in [0.29, 0.717) is 6.54 Å². The third kappa shape index (κ3) is 4.89. The Kier molecular flexibility index (Phi) is 4.54. The molecule has 0 bridgehead atoms. The van der Waals surface area contributed by atoms with E-state index in [-0.39, 0.29) is 11.9 Å². The van der Waals surface area contributed by atoms with Gasteiger partial charge < -0.3 is 0 Å². The highest BCUT2D eigenvalue weighted by Gasteiger charge is 2.22. The molecule has 19 heavy (non-hydrogen) atoms. The Labute approximate surface area is 113 Å². The highest BCUT2D eigenvalue weighted by molar-refractivity contribution is 7.88. The molecule has 0 aromatic heterocycles. The minimum absolute atomic E-state index is 0.0239. The fourth-order valence-electron chi connectivity index (χ4n) is 2.45. The van der Waals surface area contributed by atoms with E-state index in [0.717, 1.165) is 31.5 Å². The lowest BCUT2D eigenvalue weighted by atomic mass is 10.1. The zero-order chi connectivity index (χ0) is 13.9. The molecular formula is C13H19FN2O2S. The second kappa shape index (κ2) is 5.98. The Hall–Kier alpha value is -0.980. The standard InChI is InChI=1S/C13H19FN2O2S/c1-19(17,18)15-13-3-2-8-16(10-13)9-11-4-6-12(14)7-5-11/h4-7,13,15H,2-3,8-10H2,1H3. The third-order valence-electron chi connectivity index (χ3n) is 3.21. The first-order valence-corrected chi connectivity index (χ1v) is 8.25. The Balaban J connectivity index is 1.92. The molecule has 0 amide bonds. The summed E-state index contributed by atoms with van der Waals surface area (Å²) >= 11 is 0. The van der Waals surface area contributed by atoms with E-state index in [4.69, 9.17) is 0 Å². The first-order valence-electron chi connectivity index (χ1n) is 6.36. The molecule has 1 aromatic rings. The van der Waals surface area contributed by atoms with Crippen LogP contribution in [0.25, 0.3) is 0 Å². The molecule has 1 aliphatic rings. The van der Waals surface area contributed by atoms with Crippen molar-refractivity contribution in [1.29, 1.82) is 0 Å². The first-order chi connectivity index (χ1) is 8.92. The molecule has 0 spiro atoms. The van der Waals surface area contributed by atoms with E-state index in [2.05, 4.69) is 9.62 Å². The molecular weight excluding hydrogens is 267 g/mol. The molecule has 1 saturated heterocycles. The Morgan fingerprint density at radius 2 is 2.05 bits per heavy atom. The number of nitrogens with zero attached hydrogens (tertiary/aromatic N) is 1.